The first-order chi connectivity index (χ1) is 10.2. The van der Waals surface area contributed by atoms with Crippen LogP contribution in [0.4, 0.5) is 11.5 Å². The highest BCUT2D eigenvalue weighted by atomic mass is 16.6. The summed E-state index contributed by atoms with van der Waals surface area (Å²) < 4.78 is 0. The summed E-state index contributed by atoms with van der Waals surface area (Å²) in [6.45, 7) is 0.573. The van der Waals surface area contributed by atoms with E-state index in [1.165, 1.54) is 12.1 Å². The molecule has 21 heavy (non-hydrogen) atoms. The molecule has 0 saturated carbocycles. The van der Waals surface area contributed by atoms with Crippen molar-refractivity contribution < 1.29 is 4.92 Å². The molecule has 0 aliphatic heterocycles. The number of benzene rings is 2. The SMILES string of the molecule is O=[N+]([O-])c1ccc(CNc2ccc3ccccc3n2)cc1. The van der Waals surface area contributed by atoms with Crippen molar-refractivity contribution in [2.75, 3.05) is 5.32 Å². The molecule has 0 fully saturated rings. The Balaban J connectivity index is 1.72. The topological polar surface area (TPSA) is 68.1 Å². The van der Waals surface area contributed by atoms with Crippen LogP contribution in [0.25, 0.3) is 10.9 Å². The van der Waals surface area contributed by atoms with Crippen LogP contribution in [0.2, 0.25) is 0 Å². The Morgan fingerprint density at radius 1 is 1.00 bits per heavy atom. The average molecular weight is 279 g/mol. The lowest BCUT2D eigenvalue weighted by Gasteiger charge is -2.06. The van der Waals surface area contributed by atoms with Crippen LogP contribution >= 0.6 is 0 Å². The van der Waals surface area contributed by atoms with Crippen molar-refractivity contribution >= 4 is 22.4 Å². The van der Waals surface area contributed by atoms with Gasteiger partial charge in [0.1, 0.15) is 5.82 Å². The van der Waals surface area contributed by atoms with Gasteiger partial charge in [-0.05, 0) is 23.8 Å². The second-order valence-corrected chi connectivity index (χ2v) is 4.67. The van der Waals surface area contributed by atoms with Crippen LogP contribution in [0, 0.1) is 10.1 Å². The van der Waals surface area contributed by atoms with Gasteiger partial charge in [0.25, 0.3) is 5.69 Å². The van der Waals surface area contributed by atoms with Crippen LogP contribution < -0.4 is 5.32 Å². The number of nitro groups is 1. The largest absolute Gasteiger partial charge is 0.366 e. The number of pyridine rings is 1. The number of anilines is 1. The monoisotopic (exact) mass is 279 g/mol. The number of nitro benzene ring substituents is 1. The minimum Gasteiger partial charge on any atom is -0.366 e. The molecule has 1 aromatic heterocycles. The first-order valence-corrected chi connectivity index (χ1v) is 6.55. The molecule has 5 nitrogen and oxygen atoms in total. The fraction of sp³-hybridized carbons (Fsp3) is 0.0625. The summed E-state index contributed by atoms with van der Waals surface area (Å²) in [5.41, 5.74) is 2.00. The number of para-hydroxylation sites is 1. The standard InChI is InChI=1S/C16H13N3O2/c20-19(21)14-8-5-12(6-9-14)11-17-16-10-7-13-3-1-2-4-15(13)18-16/h1-10H,11H2,(H,17,18). The zero-order valence-electron chi connectivity index (χ0n) is 11.2. The highest BCUT2D eigenvalue weighted by Crippen LogP contribution is 2.16. The summed E-state index contributed by atoms with van der Waals surface area (Å²) in [6, 6.07) is 18.3. The summed E-state index contributed by atoms with van der Waals surface area (Å²) in [4.78, 5) is 14.7. The molecule has 5 heteroatoms. The molecule has 0 saturated heterocycles. The van der Waals surface area contributed by atoms with Crippen LogP contribution in [0.5, 0.6) is 0 Å². The third-order valence-corrected chi connectivity index (χ3v) is 3.22. The molecule has 1 N–H and O–H groups in total. The Labute approximate surface area is 121 Å². The van der Waals surface area contributed by atoms with Gasteiger partial charge in [0, 0.05) is 24.1 Å². The average Bonchev–Trinajstić information content (AvgIpc) is 2.53. The number of hydrogen-bond donors (Lipinski definition) is 1. The molecule has 0 spiro atoms. The van der Waals surface area contributed by atoms with E-state index >= 15 is 0 Å². The number of fused-ring (bicyclic) bond motifs is 1. The summed E-state index contributed by atoms with van der Waals surface area (Å²) in [7, 11) is 0. The lowest BCUT2D eigenvalue weighted by molar-refractivity contribution is -0.384. The van der Waals surface area contributed by atoms with Crippen molar-refractivity contribution in [1.82, 2.24) is 4.98 Å². The van der Waals surface area contributed by atoms with E-state index in [9.17, 15) is 10.1 Å². The lowest BCUT2D eigenvalue weighted by Crippen LogP contribution is -2.01. The number of non-ortho nitro benzene ring substituents is 1. The van der Waals surface area contributed by atoms with E-state index in [0.717, 1.165) is 22.3 Å². The zero-order chi connectivity index (χ0) is 14.7. The van der Waals surface area contributed by atoms with Crippen molar-refractivity contribution in [3.63, 3.8) is 0 Å². The smallest absolute Gasteiger partial charge is 0.269 e. The molecule has 0 atom stereocenters. The second-order valence-electron chi connectivity index (χ2n) is 4.67. The molecule has 0 amide bonds. The minimum absolute atomic E-state index is 0.0996. The first kappa shape index (κ1) is 13.1. The van der Waals surface area contributed by atoms with Gasteiger partial charge in [-0.25, -0.2) is 4.98 Å². The van der Waals surface area contributed by atoms with Gasteiger partial charge in [-0.15, -0.1) is 0 Å². The van der Waals surface area contributed by atoms with Gasteiger partial charge in [-0.3, -0.25) is 10.1 Å². The van der Waals surface area contributed by atoms with Crippen LogP contribution in [0.1, 0.15) is 5.56 Å². The van der Waals surface area contributed by atoms with Crippen molar-refractivity contribution in [2.45, 2.75) is 6.54 Å². The zero-order valence-corrected chi connectivity index (χ0v) is 11.2. The summed E-state index contributed by atoms with van der Waals surface area (Å²) in [5, 5.41) is 14.9. The van der Waals surface area contributed by atoms with E-state index in [2.05, 4.69) is 10.3 Å². The Kier molecular flexibility index (Phi) is 3.47. The van der Waals surface area contributed by atoms with E-state index in [1.54, 1.807) is 12.1 Å². The van der Waals surface area contributed by atoms with Gasteiger partial charge < -0.3 is 5.32 Å². The maximum Gasteiger partial charge on any atom is 0.269 e. The molecule has 0 unspecified atom stereocenters. The van der Waals surface area contributed by atoms with E-state index in [-0.39, 0.29) is 5.69 Å². The number of aromatic nitrogens is 1. The molecule has 2 aromatic carbocycles. The van der Waals surface area contributed by atoms with Crippen molar-refractivity contribution in [3.8, 4) is 0 Å². The Hall–Kier alpha value is -2.95. The van der Waals surface area contributed by atoms with Crippen LogP contribution in [-0.2, 0) is 6.54 Å². The van der Waals surface area contributed by atoms with Gasteiger partial charge >= 0.3 is 0 Å². The molecule has 0 bridgehead atoms. The molecule has 0 radical (unpaired) electrons. The molecule has 1 heterocycles. The minimum atomic E-state index is -0.401. The second kappa shape index (κ2) is 5.58. The maximum absolute atomic E-state index is 10.6. The van der Waals surface area contributed by atoms with E-state index in [1.807, 2.05) is 36.4 Å². The van der Waals surface area contributed by atoms with Gasteiger partial charge in [-0.1, -0.05) is 30.3 Å². The van der Waals surface area contributed by atoms with E-state index < -0.39 is 4.92 Å². The van der Waals surface area contributed by atoms with E-state index in [0.29, 0.717) is 6.54 Å². The summed E-state index contributed by atoms with van der Waals surface area (Å²) in [6.07, 6.45) is 0. The Morgan fingerprint density at radius 3 is 2.52 bits per heavy atom. The van der Waals surface area contributed by atoms with Crippen LogP contribution in [0.15, 0.2) is 60.7 Å². The van der Waals surface area contributed by atoms with E-state index in [4.69, 9.17) is 0 Å². The van der Waals surface area contributed by atoms with Gasteiger partial charge in [0.15, 0.2) is 0 Å². The molecule has 104 valence electrons. The quantitative estimate of drug-likeness (QED) is 0.583. The van der Waals surface area contributed by atoms with Crippen LogP contribution in [-0.4, -0.2) is 9.91 Å². The lowest BCUT2D eigenvalue weighted by atomic mass is 10.2. The molecule has 3 aromatic rings. The number of rotatable bonds is 4. The number of hydrogen-bond acceptors (Lipinski definition) is 4. The van der Waals surface area contributed by atoms with Crippen molar-refractivity contribution in [2.24, 2.45) is 0 Å². The predicted molar refractivity (Wildman–Crippen MR) is 82.2 cm³/mol. The highest BCUT2D eigenvalue weighted by Gasteiger charge is 2.04. The fourth-order valence-corrected chi connectivity index (χ4v) is 2.09. The van der Waals surface area contributed by atoms with Gasteiger partial charge in [0.2, 0.25) is 0 Å². The summed E-state index contributed by atoms with van der Waals surface area (Å²) in [5.74, 6) is 0.784. The highest BCUT2D eigenvalue weighted by molar-refractivity contribution is 5.80. The first-order valence-electron chi connectivity index (χ1n) is 6.55. The number of nitrogens with zero attached hydrogens (tertiary/aromatic N) is 2. The predicted octanol–water partition coefficient (Wildman–Crippen LogP) is 3.76. The molecule has 0 aliphatic carbocycles. The number of nitrogens with one attached hydrogen (secondary N) is 1. The van der Waals surface area contributed by atoms with Crippen LogP contribution in [0.3, 0.4) is 0 Å². The van der Waals surface area contributed by atoms with Crippen molar-refractivity contribution in [3.05, 3.63) is 76.3 Å². The fourth-order valence-electron chi connectivity index (χ4n) is 2.09. The molecule has 3 rings (SSSR count). The third kappa shape index (κ3) is 2.97. The van der Waals surface area contributed by atoms with Gasteiger partial charge in [0.05, 0.1) is 10.4 Å². The normalized spacial score (nSPS) is 10.5. The maximum atomic E-state index is 10.6. The Bertz CT molecular complexity index is 785. The van der Waals surface area contributed by atoms with Gasteiger partial charge in [-0.2, -0.15) is 0 Å². The molecular weight excluding hydrogens is 266 g/mol. The van der Waals surface area contributed by atoms with Crippen molar-refractivity contribution in [1.29, 1.82) is 0 Å². The third-order valence-electron chi connectivity index (χ3n) is 3.22. The molecular formula is C16H13N3O2. The Morgan fingerprint density at radius 2 is 1.76 bits per heavy atom. The molecule has 0 aliphatic rings. The summed E-state index contributed by atoms with van der Waals surface area (Å²) >= 11 is 0.